The zero-order valence-electron chi connectivity index (χ0n) is 18.1. The molecule has 0 amide bonds. The highest BCUT2D eigenvalue weighted by molar-refractivity contribution is 14.0. The van der Waals surface area contributed by atoms with Crippen LogP contribution in [0.3, 0.4) is 0 Å². The molecule has 1 aromatic carbocycles. The Bertz CT molecular complexity index is 681. The fraction of sp³-hybridized carbons (Fsp3) is 0.696. The maximum absolute atomic E-state index is 5.94. The van der Waals surface area contributed by atoms with Crippen LogP contribution in [-0.4, -0.2) is 55.3 Å². The molecular formula is C23H37IN4O. The van der Waals surface area contributed by atoms with Gasteiger partial charge in [-0.2, -0.15) is 0 Å². The molecule has 0 radical (unpaired) electrons. The minimum absolute atomic E-state index is 0. The Morgan fingerprint density at radius 3 is 2.79 bits per heavy atom. The maximum Gasteiger partial charge on any atom is 0.191 e. The molecule has 2 saturated heterocycles. The summed E-state index contributed by atoms with van der Waals surface area (Å²) in [6.45, 7) is 11.6. The van der Waals surface area contributed by atoms with Crippen molar-refractivity contribution in [2.75, 3.05) is 26.2 Å². The van der Waals surface area contributed by atoms with Gasteiger partial charge in [0.15, 0.2) is 5.96 Å². The van der Waals surface area contributed by atoms with E-state index < -0.39 is 0 Å². The van der Waals surface area contributed by atoms with Crippen LogP contribution in [0.1, 0.15) is 45.6 Å². The number of rotatable bonds is 6. The molecule has 4 rings (SSSR count). The first kappa shape index (κ1) is 22.8. The minimum Gasteiger partial charge on any atom is -0.377 e. The molecule has 0 aromatic heterocycles. The standard InChI is InChI=1S/C23H36N4O.HI/c1-4-24-22(26-20-19-12-14-28-21(19)23(20,2)3)25-15-18-11-8-13-27(18)16-17-9-6-5-7-10-17;/h5-7,9-10,18-21H,4,8,11-16H2,1-3H3,(H2,24,25,26);1H. The van der Waals surface area contributed by atoms with Crippen molar-refractivity contribution in [1.29, 1.82) is 0 Å². The summed E-state index contributed by atoms with van der Waals surface area (Å²) in [5.74, 6) is 1.59. The SMILES string of the molecule is CCNC(=NCC1CCCN1Cc1ccccc1)NC1C2CCOC2C1(C)C.I. The molecule has 2 heterocycles. The first-order valence-corrected chi connectivity index (χ1v) is 11.0. The van der Waals surface area contributed by atoms with Gasteiger partial charge in [-0.3, -0.25) is 9.89 Å². The van der Waals surface area contributed by atoms with Crippen molar-refractivity contribution in [2.45, 2.75) is 64.8 Å². The molecular weight excluding hydrogens is 475 g/mol. The van der Waals surface area contributed by atoms with E-state index in [1.54, 1.807) is 0 Å². The van der Waals surface area contributed by atoms with Crippen molar-refractivity contribution in [1.82, 2.24) is 15.5 Å². The van der Waals surface area contributed by atoms with Gasteiger partial charge in [0, 0.05) is 43.1 Å². The van der Waals surface area contributed by atoms with Gasteiger partial charge in [-0.05, 0) is 38.3 Å². The second kappa shape index (κ2) is 9.96. The Kier molecular flexibility index (Phi) is 7.84. The number of benzene rings is 1. The van der Waals surface area contributed by atoms with Gasteiger partial charge in [0.2, 0.25) is 0 Å². The van der Waals surface area contributed by atoms with Gasteiger partial charge < -0.3 is 15.4 Å². The molecule has 1 aromatic rings. The molecule has 3 aliphatic rings. The highest BCUT2D eigenvalue weighted by atomic mass is 127. The van der Waals surface area contributed by atoms with Crippen LogP contribution in [-0.2, 0) is 11.3 Å². The lowest BCUT2D eigenvalue weighted by atomic mass is 9.57. The van der Waals surface area contributed by atoms with Crippen molar-refractivity contribution in [2.24, 2.45) is 16.3 Å². The number of hydrogen-bond acceptors (Lipinski definition) is 3. The summed E-state index contributed by atoms with van der Waals surface area (Å²) in [6, 6.07) is 11.8. The number of hydrogen-bond donors (Lipinski definition) is 2. The summed E-state index contributed by atoms with van der Waals surface area (Å²) in [4.78, 5) is 7.59. The highest BCUT2D eigenvalue weighted by Crippen LogP contribution is 2.52. The summed E-state index contributed by atoms with van der Waals surface area (Å²) in [6.07, 6.45) is 4.08. The third-order valence-corrected chi connectivity index (χ3v) is 6.92. The van der Waals surface area contributed by atoms with Crippen LogP contribution in [0.25, 0.3) is 0 Å². The largest absolute Gasteiger partial charge is 0.377 e. The topological polar surface area (TPSA) is 48.9 Å². The minimum atomic E-state index is 0. The Hall–Kier alpha value is -0.860. The summed E-state index contributed by atoms with van der Waals surface area (Å²) in [5.41, 5.74) is 1.57. The molecule has 2 N–H and O–H groups in total. The summed E-state index contributed by atoms with van der Waals surface area (Å²) < 4.78 is 5.94. The Balaban J connectivity index is 0.00000240. The summed E-state index contributed by atoms with van der Waals surface area (Å²) in [7, 11) is 0. The van der Waals surface area contributed by atoms with Gasteiger partial charge in [0.05, 0.1) is 12.6 Å². The zero-order valence-corrected chi connectivity index (χ0v) is 20.4. The van der Waals surface area contributed by atoms with Gasteiger partial charge in [-0.15, -0.1) is 24.0 Å². The van der Waals surface area contributed by atoms with Crippen LogP contribution < -0.4 is 10.6 Å². The highest BCUT2D eigenvalue weighted by Gasteiger charge is 2.59. The first-order chi connectivity index (χ1) is 13.6. The molecule has 1 saturated carbocycles. The second-order valence-corrected chi connectivity index (χ2v) is 9.16. The third-order valence-electron chi connectivity index (χ3n) is 6.92. The molecule has 2 aliphatic heterocycles. The molecule has 4 atom stereocenters. The predicted octanol–water partition coefficient (Wildman–Crippen LogP) is 3.64. The number of fused-ring (bicyclic) bond motifs is 1. The van der Waals surface area contributed by atoms with Gasteiger partial charge in [0.25, 0.3) is 0 Å². The molecule has 3 fully saturated rings. The van der Waals surface area contributed by atoms with Crippen molar-refractivity contribution >= 4 is 29.9 Å². The number of likely N-dealkylation sites (tertiary alicyclic amines) is 1. The van der Waals surface area contributed by atoms with Crippen LogP contribution in [0.4, 0.5) is 0 Å². The Morgan fingerprint density at radius 1 is 1.24 bits per heavy atom. The second-order valence-electron chi connectivity index (χ2n) is 9.16. The molecule has 6 heteroatoms. The van der Waals surface area contributed by atoms with E-state index in [4.69, 9.17) is 9.73 Å². The normalized spacial score (nSPS) is 30.9. The van der Waals surface area contributed by atoms with Crippen LogP contribution in [0.2, 0.25) is 0 Å². The van der Waals surface area contributed by atoms with Gasteiger partial charge in [0.1, 0.15) is 0 Å². The molecule has 0 spiro atoms. The smallest absolute Gasteiger partial charge is 0.191 e. The van der Waals surface area contributed by atoms with Crippen LogP contribution in [0, 0.1) is 11.3 Å². The predicted molar refractivity (Wildman–Crippen MR) is 130 cm³/mol. The van der Waals surface area contributed by atoms with Gasteiger partial charge in [-0.1, -0.05) is 44.2 Å². The van der Waals surface area contributed by atoms with Gasteiger partial charge in [-0.25, -0.2) is 0 Å². The van der Waals surface area contributed by atoms with Crippen LogP contribution in [0.15, 0.2) is 35.3 Å². The maximum atomic E-state index is 5.94. The monoisotopic (exact) mass is 512 g/mol. The fourth-order valence-corrected chi connectivity index (χ4v) is 5.41. The van der Waals surface area contributed by atoms with E-state index in [1.807, 2.05) is 0 Å². The van der Waals surface area contributed by atoms with Crippen molar-refractivity contribution in [3.05, 3.63) is 35.9 Å². The van der Waals surface area contributed by atoms with E-state index in [-0.39, 0.29) is 29.4 Å². The Labute approximate surface area is 193 Å². The number of nitrogens with one attached hydrogen (secondary N) is 2. The van der Waals surface area contributed by atoms with Crippen molar-refractivity contribution < 1.29 is 4.74 Å². The van der Waals surface area contributed by atoms with E-state index >= 15 is 0 Å². The van der Waals surface area contributed by atoms with Crippen molar-refractivity contribution in [3.8, 4) is 0 Å². The lowest BCUT2D eigenvalue weighted by Crippen LogP contribution is -2.68. The lowest BCUT2D eigenvalue weighted by molar-refractivity contribution is -0.106. The molecule has 5 nitrogen and oxygen atoms in total. The number of ether oxygens (including phenoxy) is 1. The number of halogens is 1. The number of nitrogens with zero attached hydrogens (tertiary/aromatic N) is 2. The van der Waals surface area contributed by atoms with E-state index in [0.717, 1.165) is 32.2 Å². The van der Waals surface area contributed by atoms with E-state index in [0.29, 0.717) is 24.1 Å². The lowest BCUT2D eigenvalue weighted by Gasteiger charge is -2.55. The number of guanidine groups is 1. The van der Waals surface area contributed by atoms with E-state index in [1.165, 1.54) is 31.4 Å². The van der Waals surface area contributed by atoms with E-state index in [2.05, 4.69) is 66.6 Å². The van der Waals surface area contributed by atoms with Crippen molar-refractivity contribution in [3.63, 3.8) is 0 Å². The zero-order chi connectivity index (χ0) is 19.6. The first-order valence-electron chi connectivity index (χ1n) is 11.0. The molecule has 29 heavy (non-hydrogen) atoms. The quantitative estimate of drug-likeness (QED) is 0.347. The Morgan fingerprint density at radius 2 is 2.03 bits per heavy atom. The fourth-order valence-electron chi connectivity index (χ4n) is 5.41. The average Bonchev–Trinajstić information content (AvgIpc) is 3.33. The molecule has 1 aliphatic carbocycles. The van der Waals surface area contributed by atoms with Gasteiger partial charge >= 0.3 is 0 Å². The summed E-state index contributed by atoms with van der Waals surface area (Å²) >= 11 is 0. The molecule has 4 unspecified atom stereocenters. The van der Waals surface area contributed by atoms with Crippen LogP contribution in [0.5, 0.6) is 0 Å². The summed E-state index contributed by atoms with van der Waals surface area (Å²) in [5, 5.41) is 7.21. The van der Waals surface area contributed by atoms with Crippen LogP contribution >= 0.6 is 24.0 Å². The molecule has 162 valence electrons. The average molecular weight is 512 g/mol. The number of aliphatic imine (C=N–C) groups is 1. The molecule has 0 bridgehead atoms. The third kappa shape index (κ3) is 4.90. The van der Waals surface area contributed by atoms with E-state index in [9.17, 15) is 0 Å².